The SMILES string of the molecule is Cc1ccc(O)c(C(=O)NCCCCCCC(=O)O)c1. The van der Waals surface area contributed by atoms with Gasteiger partial charge in [-0.1, -0.05) is 24.5 Å². The number of rotatable bonds is 8. The number of carboxylic acid groups (broad SMARTS) is 1. The minimum absolute atomic E-state index is 0.0189. The van der Waals surface area contributed by atoms with Gasteiger partial charge in [0.25, 0.3) is 5.91 Å². The third-order valence-electron chi connectivity index (χ3n) is 3.00. The number of carbonyl (C=O) groups excluding carboxylic acids is 1. The monoisotopic (exact) mass is 279 g/mol. The zero-order valence-corrected chi connectivity index (χ0v) is 11.7. The van der Waals surface area contributed by atoms with Crippen molar-refractivity contribution < 1.29 is 19.8 Å². The summed E-state index contributed by atoms with van der Waals surface area (Å²) >= 11 is 0. The van der Waals surface area contributed by atoms with Crippen molar-refractivity contribution in [1.29, 1.82) is 0 Å². The Morgan fingerprint density at radius 2 is 1.85 bits per heavy atom. The number of carbonyl (C=O) groups is 2. The van der Waals surface area contributed by atoms with Crippen LogP contribution in [0.15, 0.2) is 18.2 Å². The zero-order valence-electron chi connectivity index (χ0n) is 11.7. The molecule has 1 rings (SSSR count). The predicted octanol–water partition coefficient (Wildman–Crippen LogP) is 2.47. The van der Waals surface area contributed by atoms with E-state index in [0.29, 0.717) is 13.0 Å². The van der Waals surface area contributed by atoms with Crippen LogP contribution in [-0.2, 0) is 4.79 Å². The molecule has 0 saturated heterocycles. The second-order valence-electron chi connectivity index (χ2n) is 4.83. The normalized spacial score (nSPS) is 10.2. The molecule has 0 fully saturated rings. The maximum absolute atomic E-state index is 11.8. The number of unbranched alkanes of at least 4 members (excludes halogenated alkanes) is 3. The molecule has 5 heteroatoms. The molecule has 0 aliphatic carbocycles. The average Bonchev–Trinajstić information content (AvgIpc) is 2.39. The standard InChI is InChI=1S/C15H21NO4/c1-11-7-8-13(17)12(10-11)15(20)16-9-5-3-2-4-6-14(18)19/h7-8,10,17H,2-6,9H2,1H3,(H,16,20)(H,18,19). The quantitative estimate of drug-likeness (QED) is 0.638. The predicted molar refractivity (Wildman–Crippen MR) is 75.9 cm³/mol. The highest BCUT2D eigenvalue weighted by atomic mass is 16.4. The lowest BCUT2D eigenvalue weighted by Crippen LogP contribution is -2.24. The van der Waals surface area contributed by atoms with E-state index in [0.717, 1.165) is 24.8 Å². The van der Waals surface area contributed by atoms with E-state index in [9.17, 15) is 14.7 Å². The second-order valence-corrected chi connectivity index (χ2v) is 4.83. The van der Waals surface area contributed by atoms with Crippen LogP contribution in [0.5, 0.6) is 5.75 Å². The third kappa shape index (κ3) is 5.73. The Morgan fingerprint density at radius 1 is 1.15 bits per heavy atom. The third-order valence-corrected chi connectivity index (χ3v) is 3.00. The fraction of sp³-hybridized carbons (Fsp3) is 0.467. The molecule has 1 aromatic rings. The van der Waals surface area contributed by atoms with Crippen LogP contribution >= 0.6 is 0 Å². The number of benzene rings is 1. The number of carboxylic acids is 1. The molecule has 5 nitrogen and oxygen atoms in total. The van der Waals surface area contributed by atoms with Crippen molar-refractivity contribution in [2.24, 2.45) is 0 Å². The van der Waals surface area contributed by atoms with Crippen LogP contribution in [-0.4, -0.2) is 28.6 Å². The molecule has 0 bridgehead atoms. The molecule has 0 aromatic heterocycles. The maximum atomic E-state index is 11.8. The molecule has 0 heterocycles. The Labute approximate surface area is 118 Å². The van der Waals surface area contributed by atoms with E-state index < -0.39 is 5.97 Å². The van der Waals surface area contributed by atoms with Gasteiger partial charge in [0.05, 0.1) is 5.56 Å². The summed E-state index contributed by atoms with van der Waals surface area (Å²) in [6, 6.07) is 4.90. The van der Waals surface area contributed by atoms with E-state index in [1.165, 1.54) is 6.07 Å². The number of hydrogen-bond donors (Lipinski definition) is 3. The largest absolute Gasteiger partial charge is 0.507 e. The minimum atomic E-state index is -0.770. The van der Waals surface area contributed by atoms with E-state index in [1.807, 2.05) is 6.92 Å². The summed E-state index contributed by atoms with van der Waals surface area (Å²) in [5, 5.41) is 20.8. The molecule has 110 valence electrons. The molecule has 0 atom stereocenters. The maximum Gasteiger partial charge on any atom is 0.303 e. The number of aromatic hydroxyl groups is 1. The van der Waals surface area contributed by atoms with Crippen molar-refractivity contribution in [3.05, 3.63) is 29.3 Å². The molecule has 1 aromatic carbocycles. The Hall–Kier alpha value is -2.04. The molecule has 0 aliphatic heterocycles. The molecule has 3 N–H and O–H groups in total. The first kappa shape index (κ1) is 16.0. The highest BCUT2D eigenvalue weighted by molar-refractivity contribution is 5.96. The van der Waals surface area contributed by atoms with E-state index >= 15 is 0 Å². The number of phenolic OH excluding ortho intramolecular Hbond substituents is 1. The Bertz CT molecular complexity index is 471. The summed E-state index contributed by atoms with van der Waals surface area (Å²) in [6.07, 6.45) is 3.40. The average molecular weight is 279 g/mol. The molecule has 0 saturated carbocycles. The first-order valence-electron chi connectivity index (χ1n) is 6.80. The van der Waals surface area contributed by atoms with Gasteiger partial charge < -0.3 is 15.5 Å². The molecule has 0 spiro atoms. The fourth-order valence-corrected chi connectivity index (χ4v) is 1.88. The molecule has 0 unspecified atom stereocenters. The second kappa shape index (κ2) is 8.19. The van der Waals surface area contributed by atoms with Crippen LogP contribution in [0.25, 0.3) is 0 Å². The minimum Gasteiger partial charge on any atom is -0.507 e. The van der Waals surface area contributed by atoms with E-state index in [-0.39, 0.29) is 23.6 Å². The molecular weight excluding hydrogens is 258 g/mol. The molecule has 1 amide bonds. The number of phenols is 1. The highest BCUT2D eigenvalue weighted by Gasteiger charge is 2.10. The lowest BCUT2D eigenvalue weighted by Gasteiger charge is -2.07. The molecular formula is C15H21NO4. The summed E-state index contributed by atoms with van der Waals surface area (Å²) in [6.45, 7) is 2.39. The van der Waals surface area contributed by atoms with Crippen LogP contribution in [0.1, 0.15) is 48.0 Å². The topological polar surface area (TPSA) is 86.6 Å². The van der Waals surface area contributed by atoms with Crippen LogP contribution in [0.4, 0.5) is 0 Å². The van der Waals surface area contributed by atoms with Gasteiger partial charge in [-0.05, 0) is 31.9 Å². The van der Waals surface area contributed by atoms with Gasteiger partial charge >= 0.3 is 5.97 Å². The Balaban J connectivity index is 2.23. The summed E-state index contributed by atoms with van der Waals surface area (Å²) in [7, 11) is 0. The number of aliphatic carboxylic acids is 1. The van der Waals surface area contributed by atoms with E-state index in [1.54, 1.807) is 12.1 Å². The van der Waals surface area contributed by atoms with Gasteiger partial charge in [-0.25, -0.2) is 0 Å². The lowest BCUT2D eigenvalue weighted by molar-refractivity contribution is -0.137. The van der Waals surface area contributed by atoms with Crippen LogP contribution < -0.4 is 5.32 Å². The molecule has 0 aliphatic rings. The van der Waals surface area contributed by atoms with Crippen LogP contribution in [0, 0.1) is 6.92 Å². The Kier molecular flexibility index (Phi) is 6.56. The first-order valence-corrected chi connectivity index (χ1v) is 6.80. The van der Waals surface area contributed by atoms with Crippen molar-refractivity contribution in [3.8, 4) is 5.75 Å². The Morgan fingerprint density at radius 3 is 2.55 bits per heavy atom. The fourth-order valence-electron chi connectivity index (χ4n) is 1.88. The summed E-state index contributed by atoms with van der Waals surface area (Å²) in [4.78, 5) is 22.2. The molecule has 0 radical (unpaired) electrons. The summed E-state index contributed by atoms with van der Waals surface area (Å²) < 4.78 is 0. The smallest absolute Gasteiger partial charge is 0.303 e. The van der Waals surface area contributed by atoms with Crippen molar-refractivity contribution in [2.75, 3.05) is 6.54 Å². The van der Waals surface area contributed by atoms with Crippen molar-refractivity contribution in [2.45, 2.75) is 39.0 Å². The van der Waals surface area contributed by atoms with Gasteiger partial charge in [0, 0.05) is 13.0 Å². The lowest BCUT2D eigenvalue weighted by atomic mass is 10.1. The van der Waals surface area contributed by atoms with E-state index in [2.05, 4.69) is 5.32 Å². The zero-order chi connectivity index (χ0) is 15.0. The number of hydrogen-bond acceptors (Lipinski definition) is 3. The number of amides is 1. The van der Waals surface area contributed by atoms with Crippen molar-refractivity contribution >= 4 is 11.9 Å². The summed E-state index contributed by atoms with van der Waals surface area (Å²) in [5.74, 6) is -1.07. The van der Waals surface area contributed by atoms with Gasteiger partial charge in [-0.2, -0.15) is 0 Å². The number of nitrogens with one attached hydrogen (secondary N) is 1. The van der Waals surface area contributed by atoms with Gasteiger partial charge in [-0.3, -0.25) is 9.59 Å². The van der Waals surface area contributed by atoms with Crippen LogP contribution in [0.2, 0.25) is 0 Å². The van der Waals surface area contributed by atoms with Gasteiger partial charge in [0.2, 0.25) is 0 Å². The van der Waals surface area contributed by atoms with Gasteiger partial charge in [-0.15, -0.1) is 0 Å². The van der Waals surface area contributed by atoms with E-state index in [4.69, 9.17) is 5.11 Å². The highest BCUT2D eigenvalue weighted by Crippen LogP contribution is 2.17. The van der Waals surface area contributed by atoms with Gasteiger partial charge in [0.1, 0.15) is 5.75 Å². The number of aryl methyl sites for hydroxylation is 1. The van der Waals surface area contributed by atoms with Crippen LogP contribution in [0.3, 0.4) is 0 Å². The first-order chi connectivity index (χ1) is 9.50. The van der Waals surface area contributed by atoms with Crippen molar-refractivity contribution in [3.63, 3.8) is 0 Å². The van der Waals surface area contributed by atoms with Gasteiger partial charge in [0.15, 0.2) is 0 Å². The molecule has 20 heavy (non-hydrogen) atoms. The van der Waals surface area contributed by atoms with Crippen molar-refractivity contribution in [1.82, 2.24) is 5.32 Å². The summed E-state index contributed by atoms with van der Waals surface area (Å²) in [5.41, 5.74) is 1.21.